The van der Waals surface area contributed by atoms with Gasteiger partial charge >= 0.3 is 0 Å². The lowest BCUT2D eigenvalue weighted by atomic mass is 9.78. The highest BCUT2D eigenvalue weighted by molar-refractivity contribution is 5.49. The molecule has 0 spiro atoms. The zero-order chi connectivity index (χ0) is 12.7. The Hall–Kier alpha value is -0.590. The molecule has 0 amide bonds. The maximum absolute atomic E-state index is 10.8. The molecule has 1 heteroatoms. The van der Waals surface area contributed by atoms with Gasteiger partial charge in [-0.2, -0.15) is 0 Å². The van der Waals surface area contributed by atoms with Gasteiger partial charge in [0.2, 0.25) is 0 Å². The second-order valence-corrected chi connectivity index (χ2v) is 5.82. The third-order valence-corrected chi connectivity index (χ3v) is 4.46. The first-order valence-electron chi connectivity index (χ1n) is 7.26. The van der Waals surface area contributed by atoms with Gasteiger partial charge in [-0.15, -0.1) is 0 Å². The zero-order valence-electron chi connectivity index (χ0n) is 11.7. The van der Waals surface area contributed by atoms with Gasteiger partial charge in [-0.05, 0) is 56.8 Å². The second kappa shape index (κ2) is 7.68. The van der Waals surface area contributed by atoms with E-state index in [2.05, 4.69) is 26.8 Å². The number of carbonyl (C=O) groups excluding carboxylic acids is 1. The van der Waals surface area contributed by atoms with Gasteiger partial charge in [-0.25, -0.2) is 0 Å². The summed E-state index contributed by atoms with van der Waals surface area (Å²) in [6.45, 7) is 6.92. The number of allylic oxidation sites excluding steroid dienone is 2. The van der Waals surface area contributed by atoms with Gasteiger partial charge in [0, 0.05) is 6.42 Å². The van der Waals surface area contributed by atoms with Gasteiger partial charge < -0.3 is 4.79 Å². The largest absolute Gasteiger partial charge is 0.303 e. The summed E-state index contributed by atoms with van der Waals surface area (Å²) < 4.78 is 0. The van der Waals surface area contributed by atoms with Crippen LogP contribution in [0.15, 0.2) is 11.6 Å². The van der Waals surface area contributed by atoms with Crippen molar-refractivity contribution in [3.63, 3.8) is 0 Å². The molecule has 1 nitrogen and oxygen atoms in total. The third-order valence-electron chi connectivity index (χ3n) is 4.46. The lowest BCUT2D eigenvalue weighted by Crippen LogP contribution is -2.17. The molecule has 98 valence electrons. The minimum absolute atomic E-state index is 0.612. The number of hydrogen-bond acceptors (Lipinski definition) is 1. The molecule has 0 aromatic heterocycles. The Morgan fingerprint density at radius 2 is 2.18 bits per heavy atom. The van der Waals surface area contributed by atoms with Gasteiger partial charge in [0.05, 0.1) is 0 Å². The highest BCUT2D eigenvalue weighted by Crippen LogP contribution is 2.32. The summed E-state index contributed by atoms with van der Waals surface area (Å²) in [5.41, 5.74) is 1.52. The summed E-state index contributed by atoms with van der Waals surface area (Å²) in [6.07, 6.45) is 11.7. The van der Waals surface area contributed by atoms with Crippen LogP contribution >= 0.6 is 0 Å². The van der Waals surface area contributed by atoms with E-state index in [-0.39, 0.29) is 0 Å². The minimum atomic E-state index is 0.612. The topological polar surface area (TPSA) is 17.1 Å². The monoisotopic (exact) mass is 236 g/mol. The molecule has 0 N–H and O–H groups in total. The van der Waals surface area contributed by atoms with Crippen LogP contribution in [0.25, 0.3) is 0 Å². The smallest absolute Gasteiger partial charge is 0.120 e. The summed E-state index contributed by atoms with van der Waals surface area (Å²) in [6, 6.07) is 0. The molecule has 3 unspecified atom stereocenters. The molecule has 3 atom stereocenters. The van der Waals surface area contributed by atoms with Crippen molar-refractivity contribution in [2.45, 2.75) is 65.7 Å². The van der Waals surface area contributed by atoms with E-state index < -0.39 is 0 Å². The third kappa shape index (κ3) is 5.06. The summed E-state index contributed by atoms with van der Waals surface area (Å²) in [7, 11) is 0. The lowest BCUT2D eigenvalue weighted by molar-refractivity contribution is -0.108. The first-order valence-corrected chi connectivity index (χ1v) is 7.26. The summed E-state index contributed by atoms with van der Waals surface area (Å²) in [4.78, 5) is 10.8. The Labute approximate surface area is 107 Å². The SMILES string of the molecule is CCC1CC(CC=O)CC/C(C)=C/CCC1C. The van der Waals surface area contributed by atoms with E-state index in [1.54, 1.807) is 0 Å². The second-order valence-electron chi connectivity index (χ2n) is 5.82. The number of aldehydes is 1. The zero-order valence-corrected chi connectivity index (χ0v) is 11.7. The van der Waals surface area contributed by atoms with Crippen LogP contribution in [0.1, 0.15) is 65.7 Å². The van der Waals surface area contributed by atoms with Gasteiger partial charge in [0.15, 0.2) is 0 Å². The van der Waals surface area contributed by atoms with Crippen molar-refractivity contribution in [2.75, 3.05) is 0 Å². The fourth-order valence-electron chi connectivity index (χ4n) is 3.06. The summed E-state index contributed by atoms with van der Waals surface area (Å²) >= 11 is 0. The van der Waals surface area contributed by atoms with Gasteiger partial charge in [0.1, 0.15) is 6.29 Å². The molecule has 0 saturated carbocycles. The average Bonchev–Trinajstić information content (AvgIpc) is 2.31. The molecule has 0 aromatic carbocycles. The van der Waals surface area contributed by atoms with Crippen LogP contribution in [0.3, 0.4) is 0 Å². The summed E-state index contributed by atoms with van der Waals surface area (Å²) in [5.74, 6) is 2.23. The van der Waals surface area contributed by atoms with Crippen LogP contribution in [-0.2, 0) is 4.79 Å². The standard InChI is InChI=1S/C16H28O/c1-4-16-12-15(10-11-17)9-8-13(2)6-5-7-14(16)3/h6,11,14-16H,4-5,7-10,12H2,1-3H3/b13-6+. The van der Waals surface area contributed by atoms with Crippen LogP contribution in [-0.4, -0.2) is 6.29 Å². The number of hydrogen-bond donors (Lipinski definition) is 0. The Balaban J connectivity index is 2.69. The Bertz CT molecular complexity index is 254. The van der Waals surface area contributed by atoms with Crippen molar-refractivity contribution < 1.29 is 4.79 Å². The molecule has 0 aromatic rings. The van der Waals surface area contributed by atoms with Crippen molar-refractivity contribution in [1.82, 2.24) is 0 Å². The van der Waals surface area contributed by atoms with Crippen molar-refractivity contribution in [3.05, 3.63) is 11.6 Å². The molecule has 1 rings (SSSR count). The first-order chi connectivity index (χ1) is 8.17. The van der Waals surface area contributed by atoms with Crippen molar-refractivity contribution in [2.24, 2.45) is 17.8 Å². The van der Waals surface area contributed by atoms with Crippen molar-refractivity contribution in [1.29, 1.82) is 0 Å². The van der Waals surface area contributed by atoms with Crippen molar-refractivity contribution in [3.8, 4) is 0 Å². The maximum Gasteiger partial charge on any atom is 0.120 e. The Kier molecular flexibility index (Phi) is 6.54. The van der Waals surface area contributed by atoms with Crippen molar-refractivity contribution >= 4 is 6.29 Å². The van der Waals surface area contributed by atoms with E-state index >= 15 is 0 Å². The molecular formula is C16H28O. The molecule has 0 radical (unpaired) electrons. The normalized spacial score (nSPS) is 34.8. The van der Waals surface area contributed by atoms with Gasteiger partial charge in [-0.3, -0.25) is 0 Å². The lowest BCUT2D eigenvalue weighted by Gasteiger charge is -2.27. The first kappa shape index (κ1) is 14.5. The highest BCUT2D eigenvalue weighted by atomic mass is 16.1. The van der Waals surface area contributed by atoms with Crippen LogP contribution in [0.5, 0.6) is 0 Å². The Morgan fingerprint density at radius 1 is 1.41 bits per heavy atom. The molecule has 17 heavy (non-hydrogen) atoms. The molecule has 0 aliphatic heterocycles. The van der Waals surface area contributed by atoms with Crippen LogP contribution in [0, 0.1) is 17.8 Å². The number of carbonyl (C=O) groups is 1. The minimum Gasteiger partial charge on any atom is -0.303 e. The molecule has 0 bridgehead atoms. The van der Waals surface area contributed by atoms with Crippen LogP contribution in [0.2, 0.25) is 0 Å². The average molecular weight is 236 g/mol. The Morgan fingerprint density at radius 3 is 2.82 bits per heavy atom. The highest BCUT2D eigenvalue weighted by Gasteiger charge is 2.21. The van der Waals surface area contributed by atoms with Crippen LogP contribution < -0.4 is 0 Å². The molecular weight excluding hydrogens is 208 g/mol. The van der Waals surface area contributed by atoms with E-state index in [9.17, 15) is 4.79 Å². The molecule has 0 heterocycles. The van der Waals surface area contributed by atoms with Crippen LogP contribution in [0.4, 0.5) is 0 Å². The van der Waals surface area contributed by atoms with Gasteiger partial charge in [-0.1, -0.05) is 31.9 Å². The van der Waals surface area contributed by atoms with E-state index in [4.69, 9.17) is 0 Å². The molecule has 0 saturated heterocycles. The fourth-order valence-corrected chi connectivity index (χ4v) is 3.06. The van der Waals surface area contributed by atoms with E-state index in [0.717, 1.165) is 24.5 Å². The number of rotatable bonds is 3. The maximum atomic E-state index is 10.8. The van der Waals surface area contributed by atoms with E-state index in [1.807, 2.05) is 0 Å². The molecule has 1 aliphatic rings. The van der Waals surface area contributed by atoms with E-state index in [1.165, 1.54) is 44.1 Å². The molecule has 0 fully saturated rings. The quantitative estimate of drug-likeness (QED) is 0.510. The molecule has 1 aliphatic carbocycles. The van der Waals surface area contributed by atoms with Gasteiger partial charge in [0.25, 0.3) is 0 Å². The summed E-state index contributed by atoms with van der Waals surface area (Å²) in [5, 5.41) is 0. The predicted octanol–water partition coefficient (Wildman–Crippen LogP) is 4.76. The van der Waals surface area contributed by atoms with E-state index in [0.29, 0.717) is 5.92 Å². The predicted molar refractivity (Wildman–Crippen MR) is 74.0 cm³/mol. The fraction of sp³-hybridized carbons (Fsp3) is 0.812.